The summed E-state index contributed by atoms with van der Waals surface area (Å²) in [5.74, 6) is 1.13. The molecule has 0 aromatic heterocycles. The van der Waals surface area contributed by atoms with Crippen molar-refractivity contribution >= 4 is 21.6 Å². The van der Waals surface area contributed by atoms with Crippen molar-refractivity contribution in [2.75, 3.05) is 38.7 Å². The van der Waals surface area contributed by atoms with Crippen LogP contribution in [0.2, 0.25) is 0 Å². The predicted octanol–water partition coefficient (Wildman–Crippen LogP) is 3.27. The summed E-state index contributed by atoms with van der Waals surface area (Å²) in [5.41, 5.74) is 1.31. The summed E-state index contributed by atoms with van der Waals surface area (Å²) >= 11 is 0. The minimum Gasteiger partial charge on any atom is -0.497 e. The van der Waals surface area contributed by atoms with Crippen molar-refractivity contribution in [1.82, 2.24) is 5.32 Å². The Balaban J connectivity index is 1.80. The van der Waals surface area contributed by atoms with E-state index in [0.29, 0.717) is 24.5 Å². The summed E-state index contributed by atoms with van der Waals surface area (Å²) < 4.78 is 43.7. The molecule has 0 aliphatic rings. The van der Waals surface area contributed by atoms with Crippen LogP contribution in [-0.2, 0) is 21.2 Å². The number of anilines is 1. The molecule has 0 aliphatic heterocycles. The third-order valence-electron chi connectivity index (χ3n) is 5.17. The lowest BCUT2D eigenvalue weighted by molar-refractivity contribution is -0.119. The van der Waals surface area contributed by atoms with Crippen molar-refractivity contribution in [1.29, 1.82) is 0 Å². The molecule has 0 saturated heterocycles. The second-order valence-corrected chi connectivity index (χ2v) is 9.17. The zero-order valence-electron chi connectivity index (χ0n) is 19.4. The molecule has 9 heteroatoms. The lowest BCUT2D eigenvalue weighted by Crippen LogP contribution is -2.41. The highest BCUT2D eigenvalue weighted by Gasteiger charge is 2.28. The highest BCUT2D eigenvalue weighted by molar-refractivity contribution is 7.92. The molecule has 3 aromatic carbocycles. The number of methoxy groups -OCH3 is 3. The minimum atomic E-state index is -4.02. The molecule has 0 fully saturated rings. The Kier molecular flexibility index (Phi) is 8.37. The van der Waals surface area contributed by atoms with Gasteiger partial charge >= 0.3 is 0 Å². The average molecular weight is 485 g/mol. The molecule has 0 bridgehead atoms. The van der Waals surface area contributed by atoms with Gasteiger partial charge in [0.05, 0.1) is 31.9 Å². The number of rotatable bonds is 11. The van der Waals surface area contributed by atoms with E-state index in [9.17, 15) is 13.2 Å². The van der Waals surface area contributed by atoms with Gasteiger partial charge in [-0.2, -0.15) is 0 Å². The van der Waals surface area contributed by atoms with Crippen molar-refractivity contribution < 1.29 is 27.4 Å². The van der Waals surface area contributed by atoms with E-state index >= 15 is 0 Å². The van der Waals surface area contributed by atoms with Crippen molar-refractivity contribution in [3.8, 4) is 17.2 Å². The smallest absolute Gasteiger partial charge is 0.264 e. The van der Waals surface area contributed by atoms with Crippen LogP contribution in [0, 0.1) is 0 Å². The number of hydrogen-bond donors (Lipinski definition) is 1. The molecule has 0 heterocycles. The van der Waals surface area contributed by atoms with Crippen LogP contribution in [0.1, 0.15) is 5.56 Å². The van der Waals surface area contributed by atoms with E-state index in [1.165, 1.54) is 32.4 Å². The zero-order chi connectivity index (χ0) is 24.6. The topological polar surface area (TPSA) is 94.2 Å². The molecule has 0 atom stereocenters. The van der Waals surface area contributed by atoms with E-state index in [0.717, 1.165) is 15.6 Å². The van der Waals surface area contributed by atoms with Crippen LogP contribution in [0.15, 0.2) is 77.7 Å². The number of sulfonamides is 1. The van der Waals surface area contributed by atoms with Crippen LogP contribution in [0.5, 0.6) is 17.2 Å². The van der Waals surface area contributed by atoms with Crippen molar-refractivity contribution in [2.45, 2.75) is 11.3 Å². The van der Waals surface area contributed by atoms with E-state index in [4.69, 9.17) is 14.2 Å². The van der Waals surface area contributed by atoms with Gasteiger partial charge in [-0.1, -0.05) is 30.3 Å². The van der Waals surface area contributed by atoms with Crippen LogP contribution in [0.25, 0.3) is 0 Å². The molecule has 3 aromatic rings. The van der Waals surface area contributed by atoms with Crippen molar-refractivity contribution in [2.24, 2.45) is 0 Å². The number of carbonyl (C=O) groups is 1. The van der Waals surface area contributed by atoms with Crippen LogP contribution in [-0.4, -0.2) is 48.7 Å². The van der Waals surface area contributed by atoms with Crippen molar-refractivity contribution in [3.63, 3.8) is 0 Å². The first kappa shape index (κ1) is 24.9. The molecular formula is C25H28N2O6S. The number of carbonyl (C=O) groups excluding carboxylic acids is 1. The van der Waals surface area contributed by atoms with E-state index in [1.807, 2.05) is 24.3 Å². The number of nitrogens with one attached hydrogen (secondary N) is 1. The summed E-state index contributed by atoms with van der Waals surface area (Å²) in [6.07, 6.45) is 0.595. The molecule has 0 saturated carbocycles. The van der Waals surface area contributed by atoms with E-state index in [1.54, 1.807) is 37.4 Å². The molecule has 34 heavy (non-hydrogen) atoms. The lowest BCUT2D eigenvalue weighted by atomic mass is 10.1. The van der Waals surface area contributed by atoms with Crippen LogP contribution >= 0.6 is 0 Å². The molecule has 1 amide bonds. The van der Waals surface area contributed by atoms with E-state index in [2.05, 4.69) is 5.32 Å². The third-order valence-corrected chi connectivity index (χ3v) is 6.96. The third kappa shape index (κ3) is 5.99. The van der Waals surface area contributed by atoms with Crippen molar-refractivity contribution in [3.05, 3.63) is 78.4 Å². The summed E-state index contributed by atoms with van der Waals surface area (Å²) in [7, 11) is 0.538. The largest absolute Gasteiger partial charge is 0.497 e. The molecule has 3 rings (SSSR count). The number of nitrogens with zero attached hydrogens (tertiary/aromatic N) is 1. The average Bonchev–Trinajstić information content (AvgIpc) is 2.87. The standard InChI is InChI=1S/C25H28N2O6S/c1-31-21-12-9-19(10-13-21)15-16-26-25(28)18-27(34(29,30)22-7-5-4-6-8-22)20-11-14-23(32-2)24(17-20)33-3/h4-14,17H,15-16,18H2,1-3H3,(H,26,28). The summed E-state index contributed by atoms with van der Waals surface area (Å²) in [5, 5.41) is 2.80. The number of benzene rings is 3. The first-order valence-corrected chi connectivity index (χ1v) is 12.0. The molecule has 0 radical (unpaired) electrons. The number of amides is 1. The Hall–Kier alpha value is -3.72. The van der Waals surface area contributed by atoms with Gasteiger partial charge in [-0.15, -0.1) is 0 Å². The Morgan fingerprint density at radius 2 is 1.53 bits per heavy atom. The maximum Gasteiger partial charge on any atom is 0.264 e. The second-order valence-electron chi connectivity index (χ2n) is 7.31. The van der Waals surface area contributed by atoms with Crippen LogP contribution in [0.3, 0.4) is 0 Å². The zero-order valence-corrected chi connectivity index (χ0v) is 20.2. The molecule has 1 N–H and O–H groups in total. The quantitative estimate of drug-likeness (QED) is 0.449. The maximum absolute atomic E-state index is 13.4. The van der Waals surface area contributed by atoms with Crippen LogP contribution in [0.4, 0.5) is 5.69 Å². The number of hydrogen-bond acceptors (Lipinski definition) is 6. The Bertz CT molecular complexity index is 1200. The summed E-state index contributed by atoms with van der Waals surface area (Å²) in [6.45, 7) is -0.0361. The Morgan fingerprint density at radius 3 is 2.15 bits per heavy atom. The highest BCUT2D eigenvalue weighted by atomic mass is 32.2. The van der Waals surface area contributed by atoms with E-state index in [-0.39, 0.29) is 10.6 Å². The van der Waals surface area contributed by atoms with Gasteiger partial charge in [0, 0.05) is 12.6 Å². The monoisotopic (exact) mass is 484 g/mol. The molecule has 0 aliphatic carbocycles. The molecule has 180 valence electrons. The molecular weight excluding hydrogens is 456 g/mol. The summed E-state index contributed by atoms with van der Waals surface area (Å²) in [4.78, 5) is 12.9. The van der Waals surface area contributed by atoms with Gasteiger partial charge in [-0.3, -0.25) is 9.10 Å². The first-order chi connectivity index (χ1) is 16.4. The van der Waals surface area contributed by atoms with Gasteiger partial charge in [0.2, 0.25) is 5.91 Å². The molecule has 0 spiro atoms. The normalized spacial score (nSPS) is 10.9. The fraction of sp³-hybridized carbons (Fsp3) is 0.240. The van der Waals surface area contributed by atoms with Crippen LogP contribution < -0.4 is 23.8 Å². The minimum absolute atomic E-state index is 0.0795. The fourth-order valence-corrected chi connectivity index (χ4v) is 4.77. The second kappa shape index (κ2) is 11.4. The van der Waals surface area contributed by atoms with E-state index < -0.39 is 22.5 Å². The first-order valence-electron chi connectivity index (χ1n) is 10.6. The SMILES string of the molecule is COc1ccc(CCNC(=O)CN(c2ccc(OC)c(OC)c2)S(=O)(=O)c2ccccc2)cc1. The predicted molar refractivity (Wildman–Crippen MR) is 130 cm³/mol. The van der Waals surface area contributed by atoms with Gasteiger partial charge in [-0.25, -0.2) is 8.42 Å². The number of ether oxygens (including phenoxy) is 3. The molecule has 0 unspecified atom stereocenters. The van der Waals surface area contributed by atoms with Gasteiger partial charge < -0.3 is 19.5 Å². The highest BCUT2D eigenvalue weighted by Crippen LogP contribution is 2.33. The molecule has 8 nitrogen and oxygen atoms in total. The van der Waals surface area contributed by atoms with Gasteiger partial charge in [-0.05, 0) is 48.4 Å². The maximum atomic E-state index is 13.4. The van der Waals surface area contributed by atoms with Gasteiger partial charge in [0.1, 0.15) is 12.3 Å². The summed E-state index contributed by atoms with van der Waals surface area (Å²) in [6, 6.07) is 20.2. The Morgan fingerprint density at radius 1 is 0.853 bits per heavy atom. The lowest BCUT2D eigenvalue weighted by Gasteiger charge is -2.25. The fourth-order valence-electron chi connectivity index (χ4n) is 3.34. The Labute approximate surface area is 200 Å². The van der Waals surface area contributed by atoms with Gasteiger partial charge in [0.25, 0.3) is 10.0 Å². The van der Waals surface area contributed by atoms with Gasteiger partial charge in [0.15, 0.2) is 11.5 Å².